The lowest BCUT2D eigenvalue weighted by molar-refractivity contribution is 0.128. The maximum absolute atomic E-state index is 9.72. The van der Waals surface area contributed by atoms with Crippen LogP contribution in [0.5, 0.6) is 11.5 Å². The van der Waals surface area contributed by atoms with Crippen molar-refractivity contribution in [1.82, 2.24) is 10.2 Å². The molecule has 0 radical (unpaired) electrons. The number of phenols is 2. The van der Waals surface area contributed by atoms with Crippen LogP contribution in [-0.4, -0.2) is 41.3 Å². The van der Waals surface area contributed by atoms with E-state index in [1.807, 2.05) is 6.07 Å². The maximum Gasteiger partial charge on any atom is 0.157 e. The van der Waals surface area contributed by atoms with E-state index in [0.717, 1.165) is 38.2 Å². The zero-order valence-electron chi connectivity index (χ0n) is 12.6. The minimum Gasteiger partial charge on any atom is -0.504 e. The molecule has 21 heavy (non-hydrogen) atoms. The van der Waals surface area contributed by atoms with Crippen molar-refractivity contribution in [3.63, 3.8) is 0 Å². The van der Waals surface area contributed by atoms with Gasteiger partial charge in [-0.2, -0.15) is 0 Å². The van der Waals surface area contributed by atoms with Crippen LogP contribution in [-0.2, 0) is 0 Å². The molecule has 0 spiro atoms. The molecule has 1 fully saturated rings. The summed E-state index contributed by atoms with van der Waals surface area (Å²) in [5.74, 6) is 0.440. The molecule has 0 saturated carbocycles. The average Bonchev–Trinajstić information content (AvgIpc) is 2.44. The molecule has 3 N–H and O–H groups in total. The summed E-state index contributed by atoms with van der Waals surface area (Å²) in [6.07, 6.45) is 1.09. The summed E-state index contributed by atoms with van der Waals surface area (Å²) in [4.78, 5) is 2.47. The van der Waals surface area contributed by atoms with Crippen molar-refractivity contribution in [3.8, 4) is 11.5 Å². The van der Waals surface area contributed by atoms with Crippen LogP contribution in [0.3, 0.4) is 0 Å². The lowest BCUT2D eigenvalue weighted by Gasteiger charge is -2.38. The van der Waals surface area contributed by atoms with Crippen LogP contribution in [0, 0.1) is 5.92 Å². The molecule has 122 valence electrons. The van der Waals surface area contributed by atoms with E-state index in [1.165, 1.54) is 0 Å². The second kappa shape index (κ2) is 9.36. The first-order valence-electron chi connectivity index (χ1n) is 7.10. The molecule has 1 aliphatic heterocycles. The highest BCUT2D eigenvalue weighted by molar-refractivity contribution is 5.85. The Bertz CT molecular complexity index is 426. The van der Waals surface area contributed by atoms with Gasteiger partial charge in [0.05, 0.1) is 0 Å². The van der Waals surface area contributed by atoms with E-state index in [0.29, 0.717) is 12.0 Å². The van der Waals surface area contributed by atoms with E-state index < -0.39 is 0 Å². The molecule has 0 bridgehead atoms. The van der Waals surface area contributed by atoms with Gasteiger partial charge in [0, 0.05) is 32.2 Å². The number of halogens is 2. The Morgan fingerprint density at radius 1 is 1.14 bits per heavy atom. The monoisotopic (exact) mass is 336 g/mol. The standard InChI is InChI=1S/C15H24N2O2.2ClH/c1-3-11(2)15(17-8-6-16-7-9-17)12-4-5-13(18)14(19)10-12;;/h4-5,10-11,15-16,18-19H,3,6-9H2,1-2H3;2*1H/t11?,15-;;/m0../s1. The summed E-state index contributed by atoms with van der Waals surface area (Å²) in [6, 6.07) is 5.52. The molecule has 1 unspecified atom stereocenters. The second-order valence-corrected chi connectivity index (χ2v) is 5.36. The molecule has 6 heteroatoms. The normalized spacial score (nSPS) is 18.2. The topological polar surface area (TPSA) is 55.7 Å². The minimum atomic E-state index is -0.0491. The van der Waals surface area contributed by atoms with Gasteiger partial charge in [-0.15, -0.1) is 24.8 Å². The lowest BCUT2D eigenvalue weighted by atomic mass is 9.90. The molecule has 1 aromatic rings. The van der Waals surface area contributed by atoms with Crippen LogP contribution in [0.2, 0.25) is 0 Å². The first-order chi connectivity index (χ1) is 9.13. The van der Waals surface area contributed by atoms with Gasteiger partial charge in [0.15, 0.2) is 11.5 Å². The molecule has 4 nitrogen and oxygen atoms in total. The lowest BCUT2D eigenvalue weighted by Crippen LogP contribution is -2.46. The molecule has 1 aliphatic rings. The fraction of sp³-hybridized carbons (Fsp3) is 0.600. The Labute approximate surface area is 139 Å². The van der Waals surface area contributed by atoms with Crippen molar-refractivity contribution in [2.45, 2.75) is 26.3 Å². The van der Waals surface area contributed by atoms with Crippen molar-refractivity contribution in [2.24, 2.45) is 5.92 Å². The number of aromatic hydroxyl groups is 2. The molecule has 2 rings (SSSR count). The molecular formula is C15H26Cl2N2O2. The summed E-state index contributed by atoms with van der Waals surface area (Å²) < 4.78 is 0. The minimum absolute atomic E-state index is 0. The van der Waals surface area contributed by atoms with Crippen LogP contribution in [0.1, 0.15) is 31.9 Å². The number of hydrogen-bond donors (Lipinski definition) is 3. The third-order valence-corrected chi connectivity index (χ3v) is 4.07. The molecule has 1 aromatic carbocycles. The molecule has 0 aliphatic carbocycles. The van der Waals surface area contributed by atoms with Crippen LogP contribution >= 0.6 is 24.8 Å². The van der Waals surface area contributed by atoms with Crippen LogP contribution < -0.4 is 5.32 Å². The summed E-state index contributed by atoms with van der Waals surface area (Å²) in [5, 5.41) is 22.5. The molecule has 1 saturated heterocycles. The molecule has 0 aromatic heterocycles. The van der Waals surface area contributed by atoms with E-state index >= 15 is 0 Å². The predicted molar refractivity (Wildman–Crippen MR) is 90.9 cm³/mol. The number of nitrogens with zero attached hydrogens (tertiary/aromatic N) is 1. The fourth-order valence-electron chi connectivity index (χ4n) is 2.81. The Kier molecular flexibility index (Phi) is 9.06. The van der Waals surface area contributed by atoms with Crippen molar-refractivity contribution < 1.29 is 10.2 Å². The van der Waals surface area contributed by atoms with Crippen LogP contribution in [0.25, 0.3) is 0 Å². The SMILES string of the molecule is CCC(C)[C@@H](c1ccc(O)c(O)c1)N1CCNCC1.Cl.Cl. The highest BCUT2D eigenvalue weighted by Crippen LogP contribution is 2.35. The van der Waals surface area contributed by atoms with Gasteiger partial charge in [-0.05, 0) is 23.6 Å². The zero-order valence-corrected chi connectivity index (χ0v) is 14.2. The zero-order chi connectivity index (χ0) is 13.8. The molecular weight excluding hydrogens is 311 g/mol. The van der Waals surface area contributed by atoms with Gasteiger partial charge in [-0.25, -0.2) is 0 Å². The summed E-state index contributed by atoms with van der Waals surface area (Å²) in [7, 11) is 0. The van der Waals surface area contributed by atoms with Crippen LogP contribution in [0.4, 0.5) is 0 Å². The Balaban J connectivity index is 0.00000200. The average molecular weight is 337 g/mol. The number of rotatable bonds is 4. The van der Waals surface area contributed by atoms with Gasteiger partial charge in [-0.3, -0.25) is 4.90 Å². The molecule has 0 amide bonds. The van der Waals surface area contributed by atoms with Gasteiger partial charge < -0.3 is 15.5 Å². The Morgan fingerprint density at radius 3 is 2.29 bits per heavy atom. The number of hydrogen-bond acceptors (Lipinski definition) is 4. The van der Waals surface area contributed by atoms with Crippen molar-refractivity contribution in [1.29, 1.82) is 0 Å². The molecule has 1 heterocycles. The van der Waals surface area contributed by atoms with Gasteiger partial charge >= 0.3 is 0 Å². The largest absolute Gasteiger partial charge is 0.504 e. The van der Waals surface area contributed by atoms with Crippen LogP contribution in [0.15, 0.2) is 18.2 Å². The third-order valence-electron chi connectivity index (χ3n) is 4.07. The first-order valence-corrected chi connectivity index (χ1v) is 7.10. The van der Waals surface area contributed by atoms with E-state index in [1.54, 1.807) is 12.1 Å². The van der Waals surface area contributed by atoms with Gasteiger partial charge in [-0.1, -0.05) is 26.3 Å². The first kappa shape index (κ1) is 20.3. The van der Waals surface area contributed by atoms with E-state index in [4.69, 9.17) is 0 Å². The van der Waals surface area contributed by atoms with E-state index in [9.17, 15) is 10.2 Å². The number of benzene rings is 1. The summed E-state index contributed by atoms with van der Waals surface area (Å²) in [5.41, 5.74) is 1.09. The summed E-state index contributed by atoms with van der Waals surface area (Å²) in [6.45, 7) is 8.51. The highest BCUT2D eigenvalue weighted by Gasteiger charge is 2.26. The van der Waals surface area contributed by atoms with Gasteiger partial charge in [0.1, 0.15) is 0 Å². The quantitative estimate of drug-likeness (QED) is 0.740. The molecule has 2 atom stereocenters. The van der Waals surface area contributed by atoms with Crippen molar-refractivity contribution in [3.05, 3.63) is 23.8 Å². The van der Waals surface area contributed by atoms with Crippen molar-refractivity contribution in [2.75, 3.05) is 26.2 Å². The number of phenolic OH excluding ortho intramolecular Hbond substituents is 2. The van der Waals surface area contributed by atoms with E-state index in [2.05, 4.69) is 24.1 Å². The number of piperazine rings is 1. The second-order valence-electron chi connectivity index (χ2n) is 5.36. The van der Waals surface area contributed by atoms with Gasteiger partial charge in [0.25, 0.3) is 0 Å². The fourth-order valence-corrected chi connectivity index (χ4v) is 2.81. The highest BCUT2D eigenvalue weighted by atomic mass is 35.5. The summed E-state index contributed by atoms with van der Waals surface area (Å²) >= 11 is 0. The van der Waals surface area contributed by atoms with E-state index in [-0.39, 0.29) is 36.3 Å². The van der Waals surface area contributed by atoms with Gasteiger partial charge in [0.2, 0.25) is 0 Å². The van der Waals surface area contributed by atoms with Crippen molar-refractivity contribution >= 4 is 24.8 Å². The smallest absolute Gasteiger partial charge is 0.157 e. The predicted octanol–water partition coefficient (Wildman–Crippen LogP) is 2.93. The third kappa shape index (κ3) is 4.92. The Morgan fingerprint density at radius 2 is 1.76 bits per heavy atom. The number of nitrogens with one attached hydrogen (secondary N) is 1. The Hall–Kier alpha value is -0.680. The maximum atomic E-state index is 9.72.